The number of aliphatic hydroxyl groups is 1. The summed E-state index contributed by atoms with van der Waals surface area (Å²) in [4.78, 5) is 0. The van der Waals surface area contributed by atoms with Gasteiger partial charge < -0.3 is 5.11 Å². The van der Waals surface area contributed by atoms with Crippen molar-refractivity contribution < 1.29 is 5.11 Å². The topological polar surface area (TPSA) is 20.2 Å². The van der Waals surface area contributed by atoms with E-state index >= 15 is 0 Å². The van der Waals surface area contributed by atoms with Crippen molar-refractivity contribution in [3.63, 3.8) is 0 Å². The molecule has 1 aromatic rings. The molecule has 0 amide bonds. The summed E-state index contributed by atoms with van der Waals surface area (Å²) in [7, 11) is 0. The third kappa shape index (κ3) is 3.35. The van der Waals surface area contributed by atoms with Crippen molar-refractivity contribution in [2.75, 3.05) is 0 Å². The SMILES string of the molecule is CCC(C)CC1CC(c2ccccc2)CCC1O. The lowest BCUT2D eigenvalue weighted by Crippen LogP contribution is -2.29. The van der Waals surface area contributed by atoms with Crippen LogP contribution >= 0.6 is 0 Å². The smallest absolute Gasteiger partial charge is 0.0568 e. The maximum atomic E-state index is 10.2. The molecule has 18 heavy (non-hydrogen) atoms. The van der Waals surface area contributed by atoms with E-state index in [0.29, 0.717) is 11.8 Å². The Labute approximate surface area is 111 Å². The minimum absolute atomic E-state index is 0.0704. The van der Waals surface area contributed by atoms with Gasteiger partial charge in [0.2, 0.25) is 0 Å². The molecule has 0 saturated heterocycles. The second-order valence-corrected chi connectivity index (χ2v) is 6.00. The van der Waals surface area contributed by atoms with Gasteiger partial charge in [-0.2, -0.15) is 0 Å². The zero-order valence-corrected chi connectivity index (χ0v) is 11.7. The highest BCUT2D eigenvalue weighted by molar-refractivity contribution is 5.20. The molecule has 2 rings (SSSR count). The summed E-state index contributed by atoms with van der Waals surface area (Å²) in [6, 6.07) is 10.8. The second-order valence-electron chi connectivity index (χ2n) is 6.00. The summed E-state index contributed by atoms with van der Waals surface area (Å²) < 4.78 is 0. The maximum absolute atomic E-state index is 10.2. The monoisotopic (exact) mass is 246 g/mol. The van der Waals surface area contributed by atoms with Crippen molar-refractivity contribution in [2.45, 2.75) is 58.0 Å². The number of hydrogen-bond donors (Lipinski definition) is 1. The molecule has 100 valence electrons. The summed E-state index contributed by atoms with van der Waals surface area (Å²) in [5.41, 5.74) is 1.46. The molecule has 1 aliphatic rings. The van der Waals surface area contributed by atoms with Crippen molar-refractivity contribution in [3.8, 4) is 0 Å². The standard InChI is InChI=1S/C17H26O/c1-3-13(2)11-16-12-15(9-10-17(16)18)14-7-5-4-6-8-14/h4-8,13,15-18H,3,9-12H2,1-2H3. The van der Waals surface area contributed by atoms with Crippen LogP contribution in [0.15, 0.2) is 30.3 Å². The lowest BCUT2D eigenvalue weighted by atomic mass is 9.73. The molecule has 1 nitrogen and oxygen atoms in total. The Morgan fingerprint density at radius 1 is 1.22 bits per heavy atom. The lowest BCUT2D eigenvalue weighted by molar-refractivity contribution is 0.0493. The fraction of sp³-hybridized carbons (Fsp3) is 0.647. The normalized spacial score (nSPS) is 30.1. The van der Waals surface area contributed by atoms with E-state index in [1.807, 2.05) is 0 Å². The average Bonchev–Trinajstić information content (AvgIpc) is 2.42. The first-order valence-electron chi connectivity index (χ1n) is 7.43. The minimum atomic E-state index is -0.0704. The molecule has 0 bridgehead atoms. The third-order valence-electron chi connectivity index (χ3n) is 4.62. The van der Waals surface area contributed by atoms with Crippen LogP contribution in [0.1, 0.15) is 57.4 Å². The molecule has 0 heterocycles. The highest BCUT2D eigenvalue weighted by atomic mass is 16.3. The Morgan fingerprint density at radius 2 is 1.94 bits per heavy atom. The van der Waals surface area contributed by atoms with Gasteiger partial charge in [0.25, 0.3) is 0 Å². The molecule has 1 heteroatoms. The summed E-state index contributed by atoms with van der Waals surface area (Å²) in [6.07, 6.45) is 5.61. The quantitative estimate of drug-likeness (QED) is 0.836. The van der Waals surface area contributed by atoms with Crippen molar-refractivity contribution in [2.24, 2.45) is 11.8 Å². The molecule has 1 aliphatic carbocycles. The number of hydrogen-bond acceptors (Lipinski definition) is 1. The van der Waals surface area contributed by atoms with Crippen LogP contribution in [0.3, 0.4) is 0 Å². The van der Waals surface area contributed by atoms with Gasteiger partial charge >= 0.3 is 0 Å². The summed E-state index contributed by atoms with van der Waals surface area (Å²) in [6.45, 7) is 4.55. The molecule has 0 aliphatic heterocycles. The van der Waals surface area contributed by atoms with Crippen molar-refractivity contribution in [1.29, 1.82) is 0 Å². The Hall–Kier alpha value is -0.820. The molecule has 0 aromatic heterocycles. The maximum Gasteiger partial charge on any atom is 0.0568 e. The summed E-state index contributed by atoms with van der Waals surface area (Å²) >= 11 is 0. The van der Waals surface area contributed by atoms with Crippen molar-refractivity contribution in [3.05, 3.63) is 35.9 Å². The van der Waals surface area contributed by atoms with Gasteiger partial charge in [0.05, 0.1) is 6.10 Å². The third-order valence-corrected chi connectivity index (χ3v) is 4.62. The molecule has 1 N–H and O–H groups in total. The predicted molar refractivity (Wildman–Crippen MR) is 76.6 cm³/mol. The fourth-order valence-corrected chi connectivity index (χ4v) is 3.21. The van der Waals surface area contributed by atoms with Gasteiger partial charge in [-0.3, -0.25) is 0 Å². The van der Waals surface area contributed by atoms with Crippen LogP contribution in [0.25, 0.3) is 0 Å². The number of aliphatic hydroxyl groups excluding tert-OH is 1. The van der Waals surface area contributed by atoms with Gasteiger partial charge in [0.1, 0.15) is 0 Å². The van der Waals surface area contributed by atoms with Gasteiger partial charge in [0, 0.05) is 0 Å². The number of rotatable bonds is 4. The minimum Gasteiger partial charge on any atom is -0.393 e. The Balaban J connectivity index is 2.00. The van der Waals surface area contributed by atoms with Crippen LogP contribution in [-0.4, -0.2) is 11.2 Å². The molecular formula is C17H26O. The first-order valence-corrected chi connectivity index (χ1v) is 7.43. The molecule has 1 aromatic carbocycles. The largest absolute Gasteiger partial charge is 0.393 e. The Kier molecular flexibility index (Phi) is 4.82. The Bertz CT molecular complexity index is 346. The first kappa shape index (κ1) is 13.6. The van der Waals surface area contributed by atoms with Gasteiger partial charge in [-0.25, -0.2) is 0 Å². The first-order chi connectivity index (χ1) is 8.70. The van der Waals surface area contributed by atoms with Crippen LogP contribution in [0.4, 0.5) is 0 Å². The van der Waals surface area contributed by atoms with Crippen LogP contribution in [0.5, 0.6) is 0 Å². The average molecular weight is 246 g/mol. The van der Waals surface area contributed by atoms with Gasteiger partial charge in [0.15, 0.2) is 0 Å². The summed E-state index contributed by atoms with van der Waals surface area (Å²) in [5, 5.41) is 10.2. The van der Waals surface area contributed by atoms with E-state index < -0.39 is 0 Å². The molecule has 1 saturated carbocycles. The van der Waals surface area contributed by atoms with E-state index in [-0.39, 0.29) is 6.10 Å². The van der Waals surface area contributed by atoms with Crippen LogP contribution in [0.2, 0.25) is 0 Å². The van der Waals surface area contributed by atoms with E-state index in [1.165, 1.54) is 18.4 Å². The van der Waals surface area contributed by atoms with Crippen LogP contribution in [0, 0.1) is 11.8 Å². The van der Waals surface area contributed by atoms with Crippen LogP contribution in [-0.2, 0) is 0 Å². The molecular weight excluding hydrogens is 220 g/mol. The molecule has 1 fully saturated rings. The van der Waals surface area contributed by atoms with Gasteiger partial charge in [-0.15, -0.1) is 0 Å². The van der Waals surface area contributed by atoms with Gasteiger partial charge in [-0.1, -0.05) is 50.6 Å². The molecule has 4 unspecified atom stereocenters. The van der Waals surface area contributed by atoms with Crippen LogP contribution < -0.4 is 0 Å². The molecule has 0 spiro atoms. The van der Waals surface area contributed by atoms with E-state index in [4.69, 9.17) is 0 Å². The highest BCUT2D eigenvalue weighted by Gasteiger charge is 2.30. The van der Waals surface area contributed by atoms with E-state index in [9.17, 15) is 5.11 Å². The second kappa shape index (κ2) is 6.38. The van der Waals surface area contributed by atoms with Crippen molar-refractivity contribution in [1.82, 2.24) is 0 Å². The zero-order chi connectivity index (χ0) is 13.0. The van der Waals surface area contributed by atoms with Gasteiger partial charge in [-0.05, 0) is 49.0 Å². The Morgan fingerprint density at radius 3 is 2.61 bits per heavy atom. The van der Waals surface area contributed by atoms with Crippen molar-refractivity contribution >= 4 is 0 Å². The van der Waals surface area contributed by atoms with E-state index in [1.54, 1.807) is 0 Å². The molecule has 4 atom stereocenters. The number of benzene rings is 1. The highest BCUT2D eigenvalue weighted by Crippen LogP contribution is 2.39. The van der Waals surface area contributed by atoms with E-state index in [2.05, 4.69) is 44.2 Å². The predicted octanol–water partition coefficient (Wildman–Crippen LogP) is 4.37. The zero-order valence-electron chi connectivity index (χ0n) is 11.7. The summed E-state index contributed by atoms with van der Waals surface area (Å²) in [5.74, 6) is 1.89. The van der Waals surface area contributed by atoms with E-state index in [0.717, 1.165) is 25.2 Å². The molecule has 0 radical (unpaired) electrons. The fourth-order valence-electron chi connectivity index (χ4n) is 3.21. The lowest BCUT2D eigenvalue weighted by Gasteiger charge is -2.35.